The molecule has 0 atom stereocenters. The highest BCUT2D eigenvalue weighted by Gasteiger charge is 2.17. The molecule has 2 aromatic carbocycles. The van der Waals surface area contributed by atoms with Gasteiger partial charge in [-0.2, -0.15) is 5.26 Å². The van der Waals surface area contributed by atoms with Gasteiger partial charge in [0.05, 0.1) is 5.69 Å². The molecule has 158 valence electrons. The molecule has 0 saturated heterocycles. The largest absolute Gasteiger partial charge is 0.321 e. The number of para-hydroxylation sites is 1. The molecule has 3 aromatic rings. The molecule has 0 saturated carbocycles. The molecule has 1 amide bonds. The maximum atomic E-state index is 12.8. The number of nitrogens with zero attached hydrogens (tertiary/aromatic N) is 2. The standard InChI is InChI=1S/C27H29N3O/c1-7-22-10-8-9-18(3)26(22)30-20(5)14-23(21(30)6)15-24(16-28)27(31)29-25-12-11-17(2)13-19(25)4/h8-15H,7H2,1-6H3,(H,29,31)/b24-15+. The van der Waals surface area contributed by atoms with E-state index in [-0.39, 0.29) is 5.57 Å². The van der Waals surface area contributed by atoms with Crippen molar-refractivity contribution in [2.75, 3.05) is 5.32 Å². The van der Waals surface area contributed by atoms with E-state index in [1.807, 2.05) is 45.0 Å². The highest BCUT2D eigenvalue weighted by molar-refractivity contribution is 6.10. The van der Waals surface area contributed by atoms with Crippen molar-refractivity contribution >= 4 is 17.7 Å². The fourth-order valence-electron chi connectivity index (χ4n) is 4.05. The Morgan fingerprint density at radius 1 is 1.06 bits per heavy atom. The molecule has 1 aromatic heterocycles. The molecule has 0 unspecified atom stereocenters. The van der Waals surface area contributed by atoms with Gasteiger partial charge >= 0.3 is 0 Å². The predicted molar refractivity (Wildman–Crippen MR) is 127 cm³/mol. The Labute approximate surface area is 184 Å². The first-order valence-corrected chi connectivity index (χ1v) is 10.5. The second-order valence-electron chi connectivity index (χ2n) is 8.04. The van der Waals surface area contributed by atoms with E-state index in [1.165, 1.54) is 16.8 Å². The lowest BCUT2D eigenvalue weighted by molar-refractivity contribution is -0.112. The molecule has 0 fully saturated rings. The van der Waals surface area contributed by atoms with Gasteiger partial charge in [-0.3, -0.25) is 4.79 Å². The quantitative estimate of drug-likeness (QED) is 0.406. The van der Waals surface area contributed by atoms with Gasteiger partial charge < -0.3 is 9.88 Å². The van der Waals surface area contributed by atoms with E-state index in [0.717, 1.165) is 40.2 Å². The number of nitrogens with one attached hydrogen (secondary N) is 1. The van der Waals surface area contributed by atoms with Gasteiger partial charge in [-0.15, -0.1) is 0 Å². The van der Waals surface area contributed by atoms with Crippen molar-refractivity contribution in [3.05, 3.63) is 87.2 Å². The first-order valence-electron chi connectivity index (χ1n) is 10.5. The van der Waals surface area contributed by atoms with Gasteiger partial charge in [-0.25, -0.2) is 0 Å². The topological polar surface area (TPSA) is 57.8 Å². The van der Waals surface area contributed by atoms with E-state index >= 15 is 0 Å². The molecule has 31 heavy (non-hydrogen) atoms. The van der Waals surface area contributed by atoms with Crippen molar-refractivity contribution in [3.8, 4) is 11.8 Å². The highest BCUT2D eigenvalue weighted by Crippen LogP contribution is 2.28. The first-order chi connectivity index (χ1) is 14.8. The Morgan fingerprint density at radius 2 is 1.81 bits per heavy atom. The van der Waals surface area contributed by atoms with Crippen LogP contribution in [0.5, 0.6) is 0 Å². The number of hydrogen-bond donors (Lipinski definition) is 1. The maximum Gasteiger partial charge on any atom is 0.266 e. The van der Waals surface area contributed by atoms with Crippen molar-refractivity contribution in [3.63, 3.8) is 0 Å². The van der Waals surface area contributed by atoms with Crippen molar-refractivity contribution in [2.24, 2.45) is 0 Å². The Bertz CT molecular complexity index is 1220. The molecule has 1 N–H and O–H groups in total. The van der Waals surface area contributed by atoms with Crippen molar-refractivity contribution in [1.82, 2.24) is 4.57 Å². The average molecular weight is 412 g/mol. The molecule has 3 rings (SSSR count). The zero-order valence-electron chi connectivity index (χ0n) is 19.1. The van der Waals surface area contributed by atoms with E-state index in [0.29, 0.717) is 0 Å². The van der Waals surface area contributed by atoms with Gasteiger partial charge in [0, 0.05) is 17.1 Å². The summed E-state index contributed by atoms with van der Waals surface area (Å²) in [4.78, 5) is 12.8. The Balaban J connectivity index is 2.01. The highest BCUT2D eigenvalue weighted by atomic mass is 16.1. The third kappa shape index (κ3) is 4.46. The molecular formula is C27H29N3O. The summed E-state index contributed by atoms with van der Waals surface area (Å²) in [6.07, 6.45) is 2.61. The Kier molecular flexibility index (Phi) is 6.46. The van der Waals surface area contributed by atoms with Crippen LogP contribution in [0.15, 0.2) is 48.0 Å². The van der Waals surface area contributed by atoms with Crippen LogP contribution in [0.4, 0.5) is 5.69 Å². The van der Waals surface area contributed by atoms with Crippen molar-refractivity contribution < 1.29 is 4.79 Å². The van der Waals surface area contributed by atoms with E-state index in [9.17, 15) is 10.1 Å². The smallest absolute Gasteiger partial charge is 0.266 e. The minimum Gasteiger partial charge on any atom is -0.321 e. The third-order valence-electron chi connectivity index (χ3n) is 5.69. The van der Waals surface area contributed by atoms with Crippen LogP contribution >= 0.6 is 0 Å². The first kappa shape index (κ1) is 22.1. The third-order valence-corrected chi connectivity index (χ3v) is 5.69. The number of anilines is 1. The lowest BCUT2D eigenvalue weighted by Gasteiger charge is -2.17. The second-order valence-corrected chi connectivity index (χ2v) is 8.04. The summed E-state index contributed by atoms with van der Waals surface area (Å²) in [5, 5.41) is 12.5. The number of hydrogen-bond acceptors (Lipinski definition) is 2. The van der Waals surface area contributed by atoms with Gasteiger partial charge in [-0.1, -0.05) is 42.8 Å². The Hall–Kier alpha value is -3.58. The van der Waals surface area contributed by atoms with Crippen molar-refractivity contribution in [2.45, 2.75) is 48.0 Å². The number of benzene rings is 2. The minimum atomic E-state index is -0.399. The van der Waals surface area contributed by atoms with Crippen LogP contribution in [0.1, 0.15) is 46.1 Å². The fourth-order valence-corrected chi connectivity index (χ4v) is 4.05. The lowest BCUT2D eigenvalue weighted by atomic mass is 10.1. The zero-order chi connectivity index (χ0) is 22.7. The summed E-state index contributed by atoms with van der Waals surface area (Å²) in [5.41, 5.74) is 9.49. The molecule has 0 spiro atoms. The van der Waals surface area contributed by atoms with E-state index < -0.39 is 5.91 Å². The summed E-state index contributed by atoms with van der Waals surface area (Å²) < 4.78 is 2.22. The van der Waals surface area contributed by atoms with Crippen LogP contribution in [0.25, 0.3) is 11.8 Å². The van der Waals surface area contributed by atoms with Crippen LogP contribution in [0.3, 0.4) is 0 Å². The molecule has 0 aliphatic heterocycles. The van der Waals surface area contributed by atoms with Crippen LogP contribution < -0.4 is 5.32 Å². The normalized spacial score (nSPS) is 11.3. The molecule has 1 heterocycles. The van der Waals surface area contributed by atoms with Gasteiger partial charge in [0.1, 0.15) is 11.6 Å². The molecule has 0 aliphatic carbocycles. The number of aryl methyl sites for hydroxylation is 5. The number of nitriles is 1. The molecule has 0 bridgehead atoms. The lowest BCUT2D eigenvalue weighted by Crippen LogP contribution is -2.14. The maximum absolute atomic E-state index is 12.8. The van der Waals surface area contributed by atoms with Crippen molar-refractivity contribution in [1.29, 1.82) is 5.26 Å². The van der Waals surface area contributed by atoms with Gasteiger partial charge in [0.25, 0.3) is 5.91 Å². The van der Waals surface area contributed by atoms with Gasteiger partial charge in [0.15, 0.2) is 0 Å². The van der Waals surface area contributed by atoms with E-state index in [4.69, 9.17) is 0 Å². The van der Waals surface area contributed by atoms with Gasteiger partial charge in [0.2, 0.25) is 0 Å². The van der Waals surface area contributed by atoms with E-state index in [1.54, 1.807) is 6.08 Å². The SMILES string of the molecule is CCc1cccc(C)c1-n1c(C)cc(/C=C(\C#N)C(=O)Nc2ccc(C)cc2C)c1C. The summed E-state index contributed by atoms with van der Waals surface area (Å²) >= 11 is 0. The number of aromatic nitrogens is 1. The summed E-state index contributed by atoms with van der Waals surface area (Å²) in [5.74, 6) is -0.399. The summed E-state index contributed by atoms with van der Waals surface area (Å²) in [6, 6.07) is 16.3. The average Bonchev–Trinajstić information content (AvgIpc) is 3.00. The number of carbonyl (C=O) groups is 1. The number of carbonyl (C=O) groups excluding carboxylic acids is 1. The second kappa shape index (κ2) is 9.06. The van der Waals surface area contributed by atoms with Gasteiger partial charge in [-0.05, 0) is 81.5 Å². The molecule has 4 nitrogen and oxygen atoms in total. The van der Waals surface area contributed by atoms with Crippen LogP contribution in [-0.2, 0) is 11.2 Å². The predicted octanol–water partition coefficient (Wildman–Crippen LogP) is 6.13. The monoisotopic (exact) mass is 411 g/mol. The Morgan fingerprint density at radius 3 is 2.45 bits per heavy atom. The summed E-state index contributed by atoms with van der Waals surface area (Å²) in [7, 11) is 0. The zero-order valence-corrected chi connectivity index (χ0v) is 19.1. The summed E-state index contributed by atoms with van der Waals surface area (Å²) in [6.45, 7) is 12.3. The minimum absolute atomic E-state index is 0.0840. The molecular weight excluding hydrogens is 382 g/mol. The van der Waals surface area contributed by atoms with Crippen LogP contribution in [0, 0.1) is 45.9 Å². The molecule has 4 heteroatoms. The molecule has 0 aliphatic rings. The molecule has 0 radical (unpaired) electrons. The number of rotatable bonds is 5. The van der Waals surface area contributed by atoms with Crippen LogP contribution in [0.2, 0.25) is 0 Å². The number of amides is 1. The van der Waals surface area contributed by atoms with Crippen LogP contribution in [-0.4, -0.2) is 10.5 Å². The fraction of sp³-hybridized carbons (Fsp3) is 0.259. The van der Waals surface area contributed by atoms with E-state index in [2.05, 4.69) is 54.9 Å².